The summed E-state index contributed by atoms with van der Waals surface area (Å²) in [7, 11) is 0. The van der Waals surface area contributed by atoms with Crippen molar-refractivity contribution >= 4 is 0 Å². The molecular formula is C13H15F2N3O. The molecule has 0 radical (unpaired) electrons. The van der Waals surface area contributed by atoms with Crippen molar-refractivity contribution < 1.29 is 13.9 Å². The number of imidazole rings is 1. The summed E-state index contributed by atoms with van der Waals surface area (Å²) >= 11 is 0. The van der Waals surface area contributed by atoms with E-state index in [4.69, 9.17) is 5.11 Å². The average Bonchev–Trinajstić information content (AvgIpc) is 2.90. The smallest absolute Gasteiger partial charge is 0.187 e. The van der Waals surface area contributed by atoms with Gasteiger partial charge in [-0.05, 0) is 24.1 Å². The van der Waals surface area contributed by atoms with Crippen LogP contribution in [0.5, 0.6) is 5.75 Å². The minimum Gasteiger partial charge on any atom is -0.503 e. The zero-order chi connectivity index (χ0) is 13.8. The van der Waals surface area contributed by atoms with E-state index < -0.39 is 17.4 Å². The quantitative estimate of drug-likeness (QED) is 0.780. The number of H-pyrrole nitrogens is 1. The lowest BCUT2D eigenvalue weighted by atomic mass is 10.1. The third-order valence-electron chi connectivity index (χ3n) is 2.89. The molecule has 6 heteroatoms. The van der Waals surface area contributed by atoms with Crippen molar-refractivity contribution in [3.05, 3.63) is 47.5 Å². The molecule has 1 unspecified atom stereocenters. The van der Waals surface area contributed by atoms with E-state index in [2.05, 4.69) is 15.3 Å². The lowest BCUT2D eigenvalue weighted by Gasteiger charge is -2.14. The maximum atomic E-state index is 13.2. The average molecular weight is 267 g/mol. The number of halogens is 2. The number of nitrogens with zero attached hydrogens (tertiary/aromatic N) is 1. The molecule has 102 valence electrons. The Hall–Kier alpha value is -1.95. The van der Waals surface area contributed by atoms with E-state index in [0.29, 0.717) is 5.56 Å². The van der Waals surface area contributed by atoms with Crippen LogP contribution < -0.4 is 5.32 Å². The number of benzene rings is 1. The van der Waals surface area contributed by atoms with Crippen LogP contribution in [0.3, 0.4) is 0 Å². The Morgan fingerprint density at radius 2 is 2.05 bits per heavy atom. The van der Waals surface area contributed by atoms with Crippen molar-refractivity contribution in [1.82, 2.24) is 15.3 Å². The first kappa shape index (κ1) is 13.5. The molecule has 1 heterocycles. The molecule has 0 saturated heterocycles. The Balaban J connectivity index is 2.06. The van der Waals surface area contributed by atoms with E-state index in [1.54, 1.807) is 12.4 Å². The second kappa shape index (κ2) is 5.79. The summed E-state index contributed by atoms with van der Waals surface area (Å²) in [4.78, 5) is 7.14. The third-order valence-corrected chi connectivity index (χ3v) is 2.89. The molecule has 1 aromatic carbocycles. The third kappa shape index (κ3) is 3.08. The van der Waals surface area contributed by atoms with Crippen LogP contribution in [-0.4, -0.2) is 15.1 Å². The predicted octanol–water partition coefficient (Wildman–Crippen LogP) is 2.63. The van der Waals surface area contributed by atoms with Crippen LogP contribution in [0.4, 0.5) is 8.78 Å². The maximum Gasteiger partial charge on any atom is 0.187 e. The van der Waals surface area contributed by atoms with Crippen molar-refractivity contribution in [2.45, 2.75) is 25.9 Å². The number of rotatable bonds is 5. The monoisotopic (exact) mass is 267 g/mol. The van der Waals surface area contributed by atoms with Gasteiger partial charge in [0.1, 0.15) is 5.82 Å². The molecule has 0 saturated carbocycles. The van der Waals surface area contributed by atoms with Crippen LogP contribution in [0.1, 0.15) is 30.8 Å². The molecular weight excluding hydrogens is 252 g/mol. The van der Waals surface area contributed by atoms with Gasteiger partial charge in [-0.1, -0.05) is 6.92 Å². The van der Waals surface area contributed by atoms with E-state index in [1.165, 1.54) is 0 Å². The summed E-state index contributed by atoms with van der Waals surface area (Å²) in [5.41, 5.74) is 0.429. The summed E-state index contributed by atoms with van der Waals surface area (Å²) in [6, 6.07) is 2.20. The molecule has 0 spiro atoms. The number of nitrogens with one attached hydrogen (secondary N) is 2. The second-order valence-corrected chi connectivity index (χ2v) is 4.22. The summed E-state index contributed by atoms with van der Waals surface area (Å²) in [6.45, 7) is 2.27. The molecule has 4 nitrogen and oxygen atoms in total. The molecule has 0 aliphatic carbocycles. The molecule has 0 aliphatic heterocycles. The Labute approximate surface area is 109 Å². The van der Waals surface area contributed by atoms with Gasteiger partial charge in [0.25, 0.3) is 0 Å². The molecule has 2 rings (SSSR count). The summed E-state index contributed by atoms with van der Waals surface area (Å²) in [6.07, 6.45) is 4.16. The fraction of sp³-hybridized carbons (Fsp3) is 0.308. The minimum atomic E-state index is -0.956. The highest BCUT2D eigenvalue weighted by molar-refractivity contribution is 5.30. The van der Waals surface area contributed by atoms with E-state index in [1.807, 2.05) is 6.92 Å². The Morgan fingerprint density at radius 1 is 1.37 bits per heavy atom. The first-order chi connectivity index (χ1) is 9.11. The van der Waals surface area contributed by atoms with Gasteiger partial charge in [-0.3, -0.25) is 0 Å². The van der Waals surface area contributed by atoms with E-state index in [-0.39, 0.29) is 12.6 Å². The molecule has 1 aromatic heterocycles. The number of hydrogen-bond donors (Lipinski definition) is 3. The zero-order valence-electron chi connectivity index (χ0n) is 10.5. The largest absolute Gasteiger partial charge is 0.503 e. The first-order valence-corrected chi connectivity index (χ1v) is 6.01. The highest BCUT2D eigenvalue weighted by Gasteiger charge is 2.13. The summed E-state index contributed by atoms with van der Waals surface area (Å²) in [5, 5.41) is 12.2. The standard InChI is InChI=1S/C13H15F2N3O/c1-2-11(13-16-3-4-17-13)18-7-8-5-9(14)12(19)10(15)6-8/h3-6,11,18-19H,2,7H2,1H3,(H,16,17). The summed E-state index contributed by atoms with van der Waals surface area (Å²) in [5.74, 6) is -2.07. The fourth-order valence-electron chi connectivity index (χ4n) is 1.86. The lowest BCUT2D eigenvalue weighted by molar-refractivity contribution is 0.394. The second-order valence-electron chi connectivity index (χ2n) is 4.22. The Kier molecular flexibility index (Phi) is 4.11. The van der Waals surface area contributed by atoms with Gasteiger partial charge in [0.05, 0.1) is 6.04 Å². The molecule has 19 heavy (non-hydrogen) atoms. The number of phenolic OH excluding ortho intramolecular Hbond substituents is 1. The van der Waals surface area contributed by atoms with Crippen molar-refractivity contribution in [2.75, 3.05) is 0 Å². The predicted molar refractivity (Wildman–Crippen MR) is 66.5 cm³/mol. The SMILES string of the molecule is CCC(NCc1cc(F)c(O)c(F)c1)c1ncc[nH]1. The molecule has 1 atom stereocenters. The summed E-state index contributed by atoms with van der Waals surface area (Å²) < 4.78 is 26.4. The zero-order valence-corrected chi connectivity index (χ0v) is 10.5. The van der Waals surface area contributed by atoms with Gasteiger partial charge in [0, 0.05) is 18.9 Å². The van der Waals surface area contributed by atoms with Gasteiger partial charge in [0.15, 0.2) is 17.4 Å². The fourth-order valence-corrected chi connectivity index (χ4v) is 1.86. The van der Waals surface area contributed by atoms with Crippen molar-refractivity contribution in [3.8, 4) is 5.75 Å². The van der Waals surface area contributed by atoms with Crippen LogP contribution in [0.25, 0.3) is 0 Å². The van der Waals surface area contributed by atoms with Gasteiger partial charge in [-0.2, -0.15) is 0 Å². The van der Waals surface area contributed by atoms with Crippen molar-refractivity contribution in [1.29, 1.82) is 0 Å². The number of aromatic amines is 1. The topological polar surface area (TPSA) is 60.9 Å². The number of phenols is 1. The van der Waals surface area contributed by atoms with Crippen molar-refractivity contribution in [2.24, 2.45) is 0 Å². The van der Waals surface area contributed by atoms with Crippen LogP contribution >= 0.6 is 0 Å². The Bertz CT molecular complexity index is 520. The van der Waals surface area contributed by atoms with Gasteiger partial charge in [0.2, 0.25) is 0 Å². The van der Waals surface area contributed by atoms with Crippen LogP contribution in [0.15, 0.2) is 24.5 Å². The normalized spacial score (nSPS) is 12.6. The highest BCUT2D eigenvalue weighted by Crippen LogP contribution is 2.22. The molecule has 0 fully saturated rings. The lowest BCUT2D eigenvalue weighted by Crippen LogP contribution is -2.21. The highest BCUT2D eigenvalue weighted by atomic mass is 19.1. The number of aromatic hydroxyl groups is 1. The van der Waals surface area contributed by atoms with Gasteiger partial charge in [-0.15, -0.1) is 0 Å². The molecule has 0 amide bonds. The van der Waals surface area contributed by atoms with Crippen LogP contribution in [0.2, 0.25) is 0 Å². The maximum absolute atomic E-state index is 13.2. The molecule has 0 aliphatic rings. The van der Waals surface area contributed by atoms with Crippen molar-refractivity contribution in [3.63, 3.8) is 0 Å². The minimum absolute atomic E-state index is 0.0186. The van der Waals surface area contributed by atoms with E-state index in [0.717, 1.165) is 24.4 Å². The van der Waals surface area contributed by atoms with E-state index >= 15 is 0 Å². The first-order valence-electron chi connectivity index (χ1n) is 6.01. The molecule has 2 aromatic rings. The number of hydrogen-bond acceptors (Lipinski definition) is 3. The van der Waals surface area contributed by atoms with Gasteiger partial charge >= 0.3 is 0 Å². The number of aromatic nitrogens is 2. The molecule has 3 N–H and O–H groups in total. The Morgan fingerprint density at radius 3 is 2.58 bits per heavy atom. The van der Waals surface area contributed by atoms with Crippen LogP contribution in [0, 0.1) is 11.6 Å². The molecule has 0 bridgehead atoms. The van der Waals surface area contributed by atoms with Gasteiger partial charge < -0.3 is 15.4 Å². The van der Waals surface area contributed by atoms with Gasteiger partial charge in [-0.25, -0.2) is 13.8 Å². The van der Waals surface area contributed by atoms with Crippen LogP contribution in [-0.2, 0) is 6.54 Å². The van der Waals surface area contributed by atoms with E-state index in [9.17, 15) is 8.78 Å².